The van der Waals surface area contributed by atoms with Crippen LogP contribution in [0.25, 0.3) is 0 Å². The van der Waals surface area contributed by atoms with E-state index in [0.29, 0.717) is 12.8 Å². The summed E-state index contributed by atoms with van der Waals surface area (Å²) < 4.78 is 11.8. The van der Waals surface area contributed by atoms with E-state index in [4.69, 9.17) is 9.47 Å². The molecular weight excluding hydrogens is 192 g/mol. The third-order valence-electron chi connectivity index (χ3n) is 3.32. The van der Waals surface area contributed by atoms with Crippen molar-refractivity contribution in [1.29, 1.82) is 0 Å². The fourth-order valence-corrected chi connectivity index (χ4v) is 2.67. The van der Waals surface area contributed by atoms with Crippen LogP contribution in [0.5, 0.6) is 0 Å². The Morgan fingerprint density at radius 1 is 1.47 bits per heavy atom. The van der Waals surface area contributed by atoms with E-state index in [1.807, 2.05) is 6.92 Å². The third-order valence-corrected chi connectivity index (χ3v) is 3.32. The molecule has 3 heteroatoms. The molecule has 0 unspecified atom stereocenters. The van der Waals surface area contributed by atoms with Crippen molar-refractivity contribution in [2.75, 3.05) is 0 Å². The van der Waals surface area contributed by atoms with Crippen LogP contribution in [0.1, 0.15) is 52.4 Å². The number of hydrogen-bond acceptors (Lipinski definition) is 3. The van der Waals surface area contributed by atoms with Crippen LogP contribution in [-0.2, 0) is 14.3 Å². The van der Waals surface area contributed by atoms with Crippen molar-refractivity contribution in [3.05, 3.63) is 0 Å². The second-order valence-corrected chi connectivity index (χ2v) is 4.80. The van der Waals surface area contributed by atoms with Crippen LogP contribution in [0, 0.1) is 0 Å². The largest absolute Gasteiger partial charge is 0.346 e. The van der Waals surface area contributed by atoms with Gasteiger partial charge in [0, 0.05) is 12.8 Å². The molecule has 2 saturated heterocycles. The predicted octanol–water partition coefficient (Wildman–Crippen LogP) is 2.43. The summed E-state index contributed by atoms with van der Waals surface area (Å²) in [6.07, 6.45) is 5.38. The Morgan fingerprint density at radius 3 is 2.93 bits per heavy atom. The maximum Gasteiger partial charge on any atom is 0.175 e. The summed E-state index contributed by atoms with van der Waals surface area (Å²) in [7, 11) is 0. The lowest BCUT2D eigenvalue weighted by Gasteiger charge is -2.44. The van der Waals surface area contributed by atoms with Gasteiger partial charge in [-0.3, -0.25) is 4.79 Å². The summed E-state index contributed by atoms with van der Waals surface area (Å²) in [4.78, 5) is 11.6. The zero-order valence-corrected chi connectivity index (χ0v) is 9.62. The minimum Gasteiger partial charge on any atom is -0.346 e. The topological polar surface area (TPSA) is 35.5 Å². The summed E-state index contributed by atoms with van der Waals surface area (Å²) >= 11 is 0. The first-order valence-corrected chi connectivity index (χ1v) is 6.01. The van der Waals surface area contributed by atoms with Crippen molar-refractivity contribution in [3.8, 4) is 0 Å². The highest BCUT2D eigenvalue weighted by molar-refractivity contribution is 5.80. The molecule has 2 fully saturated rings. The van der Waals surface area contributed by atoms with E-state index in [2.05, 4.69) is 6.92 Å². The van der Waals surface area contributed by atoms with Crippen LogP contribution in [0.2, 0.25) is 0 Å². The first kappa shape index (κ1) is 11.1. The smallest absolute Gasteiger partial charge is 0.175 e. The van der Waals surface area contributed by atoms with Crippen molar-refractivity contribution < 1.29 is 14.3 Å². The van der Waals surface area contributed by atoms with Gasteiger partial charge in [-0.1, -0.05) is 6.92 Å². The standard InChI is InChI=1S/C12H20O3/c1-3-11-5-4-6-12(15-11)8-10(13)7-9(2)14-12/h9,11H,3-8H2,1-2H3/t9-,11+,12+/m0/s1. The quantitative estimate of drug-likeness (QED) is 0.669. The van der Waals surface area contributed by atoms with Crippen LogP contribution in [0.15, 0.2) is 0 Å². The lowest BCUT2D eigenvalue weighted by Crippen LogP contribution is -2.49. The van der Waals surface area contributed by atoms with E-state index in [1.165, 1.54) is 0 Å². The normalized spacial score (nSPS) is 42.1. The van der Waals surface area contributed by atoms with E-state index in [0.717, 1.165) is 25.7 Å². The van der Waals surface area contributed by atoms with Gasteiger partial charge in [-0.05, 0) is 26.2 Å². The van der Waals surface area contributed by atoms with Gasteiger partial charge in [0.2, 0.25) is 0 Å². The first-order valence-electron chi connectivity index (χ1n) is 6.01. The highest BCUT2D eigenvalue weighted by Crippen LogP contribution is 2.38. The van der Waals surface area contributed by atoms with Gasteiger partial charge in [0.15, 0.2) is 5.79 Å². The van der Waals surface area contributed by atoms with E-state index in [9.17, 15) is 4.79 Å². The van der Waals surface area contributed by atoms with Gasteiger partial charge in [-0.2, -0.15) is 0 Å². The fraction of sp³-hybridized carbons (Fsp3) is 0.917. The van der Waals surface area contributed by atoms with E-state index in [1.54, 1.807) is 0 Å². The van der Waals surface area contributed by atoms with Crippen molar-refractivity contribution in [1.82, 2.24) is 0 Å². The summed E-state index contributed by atoms with van der Waals surface area (Å²) in [5.74, 6) is -0.293. The fourth-order valence-electron chi connectivity index (χ4n) is 2.67. The lowest BCUT2D eigenvalue weighted by atomic mass is 9.92. The highest BCUT2D eigenvalue weighted by atomic mass is 16.7. The molecule has 86 valence electrons. The van der Waals surface area contributed by atoms with Crippen molar-refractivity contribution in [3.63, 3.8) is 0 Å². The molecule has 1 spiro atoms. The molecule has 0 saturated carbocycles. The number of carbonyl (C=O) groups excluding carboxylic acids is 1. The van der Waals surface area contributed by atoms with Crippen LogP contribution in [0.3, 0.4) is 0 Å². The predicted molar refractivity (Wildman–Crippen MR) is 56.5 cm³/mol. The molecule has 2 aliphatic heterocycles. The summed E-state index contributed by atoms with van der Waals surface area (Å²) in [5.41, 5.74) is 0. The number of hydrogen-bond donors (Lipinski definition) is 0. The monoisotopic (exact) mass is 212 g/mol. The number of ether oxygens (including phenoxy) is 2. The van der Waals surface area contributed by atoms with Crippen LogP contribution < -0.4 is 0 Å². The molecule has 0 aromatic heterocycles. The van der Waals surface area contributed by atoms with Crippen LogP contribution >= 0.6 is 0 Å². The number of Topliss-reactive ketones (excluding diaryl/α,β-unsaturated/α-hetero) is 1. The Morgan fingerprint density at radius 2 is 2.27 bits per heavy atom. The molecule has 0 bridgehead atoms. The molecule has 0 aromatic carbocycles. The molecule has 0 radical (unpaired) electrons. The summed E-state index contributed by atoms with van der Waals surface area (Å²) in [5, 5.41) is 0. The number of ketones is 1. The van der Waals surface area contributed by atoms with Crippen LogP contribution in [0.4, 0.5) is 0 Å². The van der Waals surface area contributed by atoms with Crippen molar-refractivity contribution in [2.24, 2.45) is 0 Å². The van der Waals surface area contributed by atoms with E-state index < -0.39 is 5.79 Å². The summed E-state index contributed by atoms with van der Waals surface area (Å²) in [6.45, 7) is 4.08. The van der Waals surface area contributed by atoms with Crippen molar-refractivity contribution >= 4 is 5.78 Å². The molecule has 15 heavy (non-hydrogen) atoms. The maximum atomic E-state index is 11.6. The van der Waals surface area contributed by atoms with E-state index >= 15 is 0 Å². The maximum absolute atomic E-state index is 11.6. The zero-order chi connectivity index (χ0) is 10.9. The third kappa shape index (κ3) is 2.40. The Labute approximate surface area is 91.1 Å². The molecule has 0 N–H and O–H groups in total. The lowest BCUT2D eigenvalue weighted by molar-refractivity contribution is -0.303. The molecule has 2 rings (SSSR count). The Hall–Kier alpha value is -0.410. The number of carbonyl (C=O) groups is 1. The highest BCUT2D eigenvalue weighted by Gasteiger charge is 2.44. The second kappa shape index (κ2) is 4.22. The molecule has 2 heterocycles. The van der Waals surface area contributed by atoms with Gasteiger partial charge in [0.05, 0.1) is 18.6 Å². The van der Waals surface area contributed by atoms with Gasteiger partial charge in [-0.25, -0.2) is 0 Å². The second-order valence-electron chi connectivity index (χ2n) is 4.80. The molecule has 0 aromatic rings. The molecule has 3 nitrogen and oxygen atoms in total. The van der Waals surface area contributed by atoms with E-state index in [-0.39, 0.29) is 18.0 Å². The minimum atomic E-state index is -0.576. The molecule has 0 amide bonds. The SMILES string of the molecule is CC[C@@H]1CCC[C@]2(CC(=O)C[C@H](C)O2)O1. The average molecular weight is 212 g/mol. The van der Waals surface area contributed by atoms with Gasteiger partial charge < -0.3 is 9.47 Å². The van der Waals surface area contributed by atoms with Gasteiger partial charge in [0.1, 0.15) is 5.78 Å². The minimum absolute atomic E-state index is 0.0156. The molecular formula is C12H20O3. The van der Waals surface area contributed by atoms with Gasteiger partial charge in [0.25, 0.3) is 0 Å². The van der Waals surface area contributed by atoms with Gasteiger partial charge in [-0.15, -0.1) is 0 Å². The first-order chi connectivity index (χ1) is 7.13. The summed E-state index contributed by atoms with van der Waals surface area (Å²) in [6, 6.07) is 0. The molecule has 3 atom stereocenters. The van der Waals surface area contributed by atoms with Crippen molar-refractivity contribution in [2.45, 2.75) is 70.4 Å². The Kier molecular flexibility index (Phi) is 3.12. The zero-order valence-electron chi connectivity index (χ0n) is 9.62. The van der Waals surface area contributed by atoms with Crippen LogP contribution in [-0.4, -0.2) is 23.8 Å². The number of rotatable bonds is 1. The Balaban J connectivity index is 2.07. The van der Waals surface area contributed by atoms with Gasteiger partial charge >= 0.3 is 0 Å². The molecule has 0 aliphatic carbocycles. The Bertz CT molecular complexity index is 251. The molecule has 2 aliphatic rings. The average Bonchev–Trinajstić information content (AvgIpc) is 2.15.